The minimum Gasteiger partial charge on any atom is -0.494 e. The van der Waals surface area contributed by atoms with Gasteiger partial charge >= 0.3 is 0 Å². The van der Waals surface area contributed by atoms with Gasteiger partial charge in [0.05, 0.1) is 19.3 Å². The lowest BCUT2D eigenvalue weighted by Crippen LogP contribution is -2.55. The number of carbonyl (C=O) groups excluding carboxylic acids is 1. The number of amides is 1. The lowest BCUT2D eigenvalue weighted by molar-refractivity contribution is -0.0754. The second-order valence-corrected chi connectivity index (χ2v) is 5.60. The molecule has 3 atom stereocenters. The topological polar surface area (TPSA) is 48.0 Å². The van der Waals surface area contributed by atoms with Gasteiger partial charge in [-0.15, -0.1) is 0 Å². The predicted octanol–water partition coefficient (Wildman–Crippen LogP) is 1.85. The first kappa shape index (κ1) is 15.2. The number of fused-ring (bicyclic) bond motifs is 1. The smallest absolute Gasteiger partial charge is 0.254 e. The molecule has 0 aliphatic carbocycles. The van der Waals surface area contributed by atoms with Crippen LogP contribution in [-0.4, -0.2) is 56.4 Å². The molecule has 0 radical (unpaired) electrons. The molecule has 1 aromatic carbocycles. The van der Waals surface area contributed by atoms with Gasteiger partial charge in [0, 0.05) is 25.8 Å². The molecule has 6 heteroatoms. The van der Waals surface area contributed by atoms with Gasteiger partial charge in [-0.3, -0.25) is 4.79 Å². The zero-order chi connectivity index (χ0) is 15.7. The number of nitrogens with zero attached hydrogens (tertiary/aromatic N) is 1. The molecular weight excluding hydrogens is 289 g/mol. The van der Waals surface area contributed by atoms with Crippen LogP contribution in [0.3, 0.4) is 0 Å². The van der Waals surface area contributed by atoms with E-state index < -0.39 is 5.82 Å². The summed E-state index contributed by atoms with van der Waals surface area (Å²) in [6.07, 6.45) is 1.44. The molecule has 22 heavy (non-hydrogen) atoms. The molecule has 1 amide bonds. The number of likely N-dealkylation sites (tertiary alicyclic amines) is 1. The van der Waals surface area contributed by atoms with Crippen molar-refractivity contribution in [2.45, 2.75) is 31.1 Å². The van der Waals surface area contributed by atoms with E-state index in [4.69, 9.17) is 14.2 Å². The van der Waals surface area contributed by atoms with Gasteiger partial charge in [-0.2, -0.15) is 0 Å². The van der Waals surface area contributed by atoms with Crippen LogP contribution in [0, 0.1) is 5.82 Å². The molecule has 120 valence electrons. The third-order valence-electron chi connectivity index (χ3n) is 4.49. The van der Waals surface area contributed by atoms with Crippen molar-refractivity contribution >= 4 is 5.91 Å². The highest BCUT2D eigenvalue weighted by molar-refractivity contribution is 5.94. The molecule has 0 spiro atoms. The average Bonchev–Trinajstić information content (AvgIpc) is 3.02. The number of hydrogen-bond acceptors (Lipinski definition) is 4. The fourth-order valence-electron chi connectivity index (χ4n) is 3.35. The summed E-state index contributed by atoms with van der Waals surface area (Å²) < 4.78 is 29.9. The number of methoxy groups -OCH3 is 2. The van der Waals surface area contributed by atoms with Crippen LogP contribution in [-0.2, 0) is 9.47 Å². The lowest BCUT2D eigenvalue weighted by atomic mass is 9.94. The number of carbonyl (C=O) groups is 1. The standard InChI is InChI=1S/C16H20FNO4/c1-20-13-4-3-10(9-11(13)17)16(19)18-7-5-14(21-2)15-12(18)6-8-22-15/h3-4,9,12,14-15H,5-8H2,1-2H3/t12-,14-,15-/m0/s1. The Balaban J connectivity index is 1.81. The lowest BCUT2D eigenvalue weighted by Gasteiger charge is -2.40. The molecule has 2 aliphatic rings. The Kier molecular flexibility index (Phi) is 4.31. The predicted molar refractivity (Wildman–Crippen MR) is 77.5 cm³/mol. The first-order valence-corrected chi connectivity index (χ1v) is 7.44. The van der Waals surface area contributed by atoms with E-state index in [2.05, 4.69) is 0 Å². The summed E-state index contributed by atoms with van der Waals surface area (Å²) in [5.74, 6) is -0.562. The SMILES string of the molecule is COc1ccc(C(=O)N2CC[C@H](OC)[C@H]3OCC[C@@H]32)cc1F. The maximum atomic E-state index is 13.8. The number of rotatable bonds is 3. The molecule has 0 unspecified atom stereocenters. The Hall–Kier alpha value is -1.66. The van der Waals surface area contributed by atoms with Gasteiger partial charge in [0.2, 0.25) is 0 Å². The third kappa shape index (κ3) is 2.57. The Bertz CT molecular complexity index is 565. The average molecular weight is 309 g/mol. The van der Waals surface area contributed by atoms with Gasteiger partial charge in [0.15, 0.2) is 11.6 Å². The van der Waals surface area contributed by atoms with Crippen LogP contribution in [0.25, 0.3) is 0 Å². The Labute approximate surface area is 128 Å². The molecule has 2 aliphatic heterocycles. The summed E-state index contributed by atoms with van der Waals surface area (Å²) in [6, 6.07) is 4.30. The molecular formula is C16H20FNO4. The second kappa shape index (κ2) is 6.22. The molecule has 5 nitrogen and oxygen atoms in total. The van der Waals surface area contributed by atoms with Gasteiger partial charge in [0.1, 0.15) is 6.10 Å². The zero-order valence-corrected chi connectivity index (χ0v) is 12.8. The molecule has 2 heterocycles. The van der Waals surface area contributed by atoms with Crippen molar-refractivity contribution in [1.29, 1.82) is 0 Å². The zero-order valence-electron chi connectivity index (χ0n) is 12.8. The Morgan fingerprint density at radius 1 is 1.36 bits per heavy atom. The first-order valence-electron chi connectivity index (χ1n) is 7.44. The Morgan fingerprint density at radius 3 is 2.86 bits per heavy atom. The van der Waals surface area contributed by atoms with Crippen molar-refractivity contribution in [3.05, 3.63) is 29.6 Å². The summed E-state index contributed by atoms with van der Waals surface area (Å²) in [7, 11) is 3.07. The van der Waals surface area contributed by atoms with Gasteiger partial charge in [-0.1, -0.05) is 0 Å². The third-order valence-corrected chi connectivity index (χ3v) is 4.49. The molecule has 0 bridgehead atoms. The highest BCUT2D eigenvalue weighted by Crippen LogP contribution is 2.31. The van der Waals surface area contributed by atoms with Gasteiger partial charge in [0.25, 0.3) is 5.91 Å². The molecule has 2 fully saturated rings. The van der Waals surface area contributed by atoms with E-state index in [9.17, 15) is 9.18 Å². The normalized spacial score (nSPS) is 27.6. The van der Waals surface area contributed by atoms with E-state index in [1.165, 1.54) is 19.2 Å². The first-order chi connectivity index (χ1) is 10.7. The molecule has 0 N–H and O–H groups in total. The van der Waals surface area contributed by atoms with Gasteiger partial charge in [-0.25, -0.2) is 4.39 Å². The van der Waals surface area contributed by atoms with E-state index in [1.54, 1.807) is 18.1 Å². The molecule has 3 rings (SSSR count). The van der Waals surface area contributed by atoms with Crippen LogP contribution in [0.4, 0.5) is 4.39 Å². The number of piperidine rings is 1. The monoisotopic (exact) mass is 309 g/mol. The van der Waals surface area contributed by atoms with Crippen LogP contribution in [0.1, 0.15) is 23.2 Å². The van der Waals surface area contributed by atoms with Crippen LogP contribution < -0.4 is 4.74 Å². The summed E-state index contributed by atoms with van der Waals surface area (Å²) in [4.78, 5) is 14.5. The minimum atomic E-state index is -0.528. The van der Waals surface area contributed by atoms with E-state index in [-0.39, 0.29) is 29.9 Å². The van der Waals surface area contributed by atoms with E-state index >= 15 is 0 Å². The van der Waals surface area contributed by atoms with Crippen LogP contribution in [0.15, 0.2) is 18.2 Å². The van der Waals surface area contributed by atoms with Crippen molar-refractivity contribution in [2.75, 3.05) is 27.4 Å². The van der Waals surface area contributed by atoms with E-state index in [0.717, 1.165) is 12.8 Å². The van der Waals surface area contributed by atoms with E-state index in [0.29, 0.717) is 18.7 Å². The molecule has 0 aromatic heterocycles. The van der Waals surface area contributed by atoms with Crippen molar-refractivity contribution in [3.63, 3.8) is 0 Å². The number of benzene rings is 1. The van der Waals surface area contributed by atoms with Gasteiger partial charge < -0.3 is 19.1 Å². The van der Waals surface area contributed by atoms with Crippen molar-refractivity contribution < 1.29 is 23.4 Å². The summed E-state index contributed by atoms with van der Waals surface area (Å²) in [5.41, 5.74) is 0.333. The van der Waals surface area contributed by atoms with Crippen molar-refractivity contribution in [2.24, 2.45) is 0 Å². The summed E-state index contributed by atoms with van der Waals surface area (Å²) in [6.45, 7) is 1.21. The quantitative estimate of drug-likeness (QED) is 0.855. The largest absolute Gasteiger partial charge is 0.494 e. The highest BCUT2D eigenvalue weighted by Gasteiger charge is 2.44. The van der Waals surface area contributed by atoms with E-state index in [1.807, 2.05) is 0 Å². The molecule has 2 saturated heterocycles. The second-order valence-electron chi connectivity index (χ2n) is 5.60. The highest BCUT2D eigenvalue weighted by atomic mass is 19.1. The maximum absolute atomic E-state index is 13.8. The summed E-state index contributed by atoms with van der Waals surface area (Å²) >= 11 is 0. The molecule has 0 saturated carbocycles. The van der Waals surface area contributed by atoms with Gasteiger partial charge in [-0.05, 0) is 31.0 Å². The van der Waals surface area contributed by atoms with Crippen molar-refractivity contribution in [3.8, 4) is 5.75 Å². The fourth-order valence-corrected chi connectivity index (χ4v) is 3.35. The number of halogens is 1. The van der Waals surface area contributed by atoms with Crippen molar-refractivity contribution in [1.82, 2.24) is 4.90 Å². The molecule has 1 aromatic rings. The van der Waals surface area contributed by atoms with Crippen LogP contribution in [0.5, 0.6) is 5.75 Å². The number of ether oxygens (including phenoxy) is 3. The van der Waals surface area contributed by atoms with Crippen LogP contribution >= 0.6 is 0 Å². The maximum Gasteiger partial charge on any atom is 0.254 e. The fraction of sp³-hybridized carbons (Fsp3) is 0.562. The Morgan fingerprint density at radius 2 is 2.18 bits per heavy atom. The minimum absolute atomic E-state index is 0.00337. The summed E-state index contributed by atoms with van der Waals surface area (Å²) in [5, 5.41) is 0. The number of hydrogen-bond donors (Lipinski definition) is 0. The van der Waals surface area contributed by atoms with Crippen LogP contribution in [0.2, 0.25) is 0 Å².